The average molecular weight is 320 g/mol. The molecule has 0 bridgehead atoms. The molecule has 4 nitrogen and oxygen atoms in total. The van der Waals surface area contributed by atoms with Crippen molar-refractivity contribution in [2.24, 2.45) is 5.41 Å². The van der Waals surface area contributed by atoms with Crippen LogP contribution in [0.1, 0.15) is 20.8 Å². The van der Waals surface area contributed by atoms with Gasteiger partial charge in [0.2, 0.25) is 5.91 Å². The highest BCUT2D eigenvalue weighted by atomic mass is 79.9. The van der Waals surface area contributed by atoms with E-state index in [-0.39, 0.29) is 4.90 Å². The first-order chi connectivity index (χ1) is 7.63. The Hall–Kier alpha value is -0.880. The van der Waals surface area contributed by atoms with Crippen molar-refractivity contribution in [2.45, 2.75) is 25.7 Å². The molecule has 0 aromatic heterocycles. The second kappa shape index (κ2) is 4.78. The first kappa shape index (κ1) is 14.2. The number of nitrogens with one attached hydrogen (secondary N) is 1. The maximum atomic E-state index is 11.9. The summed E-state index contributed by atoms with van der Waals surface area (Å²) in [5.74, 6) is -0.527. The zero-order valence-corrected chi connectivity index (χ0v) is 12.2. The zero-order valence-electron chi connectivity index (χ0n) is 9.82. The van der Waals surface area contributed by atoms with Gasteiger partial charge in [-0.2, -0.15) is 0 Å². The molecule has 0 spiro atoms. The topological polar surface area (TPSA) is 63.2 Å². The summed E-state index contributed by atoms with van der Waals surface area (Å²) in [6.45, 7) is 4.96. The molecule has 1 rings (SSSR count). The summed E-state index contributed by atoms with van der Waals surface area (Å²) in [5.41, 5.74) is -0.748. The third-order valence-electron chi connectivity index (χ3n) is 2.03. The molecular weight excluding hydrogens is 306 g/mol. The molecule has 0 aliphatic heterocycles. The number of carbonyl (C=O) groups excluding carboxylic acids is 1. The van der Waals surface area contributed by atoms with Gasteiger partial charge in [0, 0.05) is 9.89 Å². The molecule has 0 saturated carbocycles. The predicted molar refractivity (Wildman–Crippen MR) is 68.9 cm³/mol. The van der Waals surface area contributed by atoms with E-state index in [2.05, 4.69) is 15.9 Å². The lowest BCUT2D eigenvalue weighted by Crippen LogP contribution is -2.38. The molecule has 1 aromatic rings. The first-order valence-corrected chi connectivity index (χ1v) is 7.23. The fraction of sp³-hybridized carbons (Fsp3) is 0.364. The van der Waals surface area contributed by atoms with Crippen molar-refractivity contribution < 1.29 is 13.2 Å². The van der Waals surface area contributed by atoms with Crippen LogP contribution in [0, 0.1) is 5.41 Å². The van der Waals surface area contributed by atoms with Crippen LogP contribution in [0.3, 0.4) is 0 Å². The number of hydrogen-bond acceptors (Lipinski definition) is 3. The Balaban J connectivity index is 2.98. The molecule has 0 aliphatic carbocycles. The van der Waals surface area contributed by atoms with Gasteiger partial charge < -0.3 is 0 Å². The Kier molecular flexibility index (Phi) is 3.99. The van der Waals surface area contributed by atoms with E-state index in [1.54, 1.807) is 32.9 Å². The maximum absolute atomic E-state index is 11.9. The van der Waals surface area contributed by atoms with E-state index >= 15 is 0 Å². The van der Waals surface area contributed by atoms with Crippen LogP contribution in [0.15, 0.2) is 33.6 Å². The third-order valence-corrected chi connectivity index (χ3v) is 3.91. The molecule has 0 fully saturated rings. The molecule has 0 heterocycles. The van der Waals surface area contributed by atoms with Crippen molar-refractivity contribution in [3.05, 3.63) is 28.7 Å². The lowest BCUT2D eigenvalue weighted by Gasteiger charge is -2.17. The minimum atomic E-state index is -3.78. The first-order valence-electron chi connectivity index (χ1n) is 4.96. The smallest absolute Gasteiger partial charge is 0.264 e. The van der Waals surface area contributed by atoms with Crippen LogP contribution in [0.5, 0.6) is 0 Å². The van der Waals surface area contributed by atoms with Crippen molar-refractivity contribution in [3.63, 3.8) is 0 Å². The molecule has 1 amide bonds. The van der Waals surface area contributed by atoms with Crippen molar-refractivity contribution in [1.29, 1.82) is 0 Å². The molecule has 6 heteroatoms. The van der Waals surface area contributed by atoms with Crippen LogP contribution < -0.4 is 4.72 Å². The standard InChI is InChI=1S/C11H14BrNO3S/c1-11(2,3)10(14)13-17(15,16)9-6-4-8(12)5-7-9/h4-7H,1-3H3,(H,13,14). The number of carbonyl (C=O) groups is 1. The molecule has 0 saturated heterocycles. The second-order valence-corrected chi connectivity index (χ2v) is 7.24. The largest absolute Gasteiger partial charge is 0.273 e. The van der Waals surface area contributed by atoms with Crippen molar-refractivity contribution in [1.82, 2.24) is 4.72 Å². The van der Waals surface area contributed by atoms with Gasteiger partial charge in [0.15, 0.2) is 0 Å². The maximum Gasteiger partial charge on any atom is 0.264 e. The number of rotatable bonds is 2. The molecule has 0 aliphatic rings. The minimum absolute atomic E-state index is 0.0679. The molecule has 0 atom stereocenters. The van der Waals surface area contributed by atoms with Gasteiger partial charge in [-0.05, 0) is 24.3 Å². The van der Waals surface area contributed by atoms with Crippen LogP contribution in [0.4, 0.5) is 0 Å². The Morgan fingerprint density at radius 1 is 1.18 bits per heavy atom. The Bertz CT molecular complexity index is 515. The third kappa shape index (κ3) is 3.81. The van der Waals surface area contributed by atoms with Crippen LogP contribution in [0.2, 0.25) is 0 Å². The highest BCUT2D eigenvalue weighted by Crippen LogP contribution is 2.17. The lowest BCUT2D eigenvalue weighted by atomic mass is 9.96. The zero-order chi connectivity index (χ0) is 13.3. The van der Waals surface area contributed by atoms with E-state index in [0.29, 0.717) is 0 Å². The van der Waals surface area contributed by atoms with Crippen molar-refractivity contribution >= 4 is 31.9 Å². The molecular formula is C11H14BrNO3S. The van der Waals surface area contributed by atoms with Gasteiger partial charge in [-0.3, -0.25) is 4.79 Å². The monoisotopic (exact) mass is 319 g/mol. The Labute approximate surface area is 110 Å². The molecule has 1 N–H and O–H groups in total. The van der Waals surface area contributed by atoms with Crippen molar-refractivity contribution in [3.8, 4) is 0 Å². The van der Waals surface area contributed by atoms with E-state index < -0.39 is 21.3 Å². The number of amides is 1. The van der Waals surface area contributed by atoms with Gasteiger partial charge in [0.05, 0.1) is 4.90 Å². The van der Waals surface area contributed by atoms with Crippen LogP contribution >= 0.6 is 15.9 Å². The summed E-state index contributed by atoms with van der Waals surface area (Å²) in [5, 5.41) is 0. The second-order valence-electron chi connectivity index (χ2n) is 4.64. The molecule has 94 valence electrons. The number of sulfonamides is 1. The highest BCUT2D eigenvalue weighted by molar-refractivity contribution is 9.10. The van der Waals surface area contributed by atoms with Crippen molar-refractivity contribution in [2.75, 3.05) is 0 Å². The van der Waals surface area contributed by atoms with Crippen LogP contribution in [-0.2, 0) is 14.8 Å². The predicted octanol–water partition coefficient (Wildman–Crippen LogP) is 2.30. The molecule has 0 unspecified atom stereocenters. The summed E-state index contributed by atoms with van der Waals surface area (Å²) >= 11 is 3.21. The normalized spacial score (nSPS) is 12.2. The van der Waals surface area contributed by atoms with E-state index in [1.165, 1.54) is 12.1 Å². The fourth-order valence-corrected chi connectivity index (χ4v) is 2.37. The van der Waals surface area contributed by atoms with E-state index in [0.717, 1.165) is 4.47 Å². The molecule has 17 heavy (non-hydrogen) atoms. The number of hydrogen-bond donors (Lipinski definition) is 1. The quantitative estimate of drug-likeness (QED) is 0.909. The fourth-order valence-electron chi connectivity index (χ4n) is 0.948. The minimum Gasteiger partial charge on any atom is -0.273 e. The SMILES string of the molecule is CC(C)(C)C(=O)NS(=O)(=O)c1ccc(Br)cc1. The molecule has 0 radical (unpaired) electrons. The van der Waals surface area contributed by atoms with E-state index in [1.807, 2.05) is 4.72 Å². The van der Waals surface area contributed by atoms with Gasteiger partial charge >= 0.3 is 0 Å². The van der Waals surface area contributed by atoms with Gasteiger partial charge in [-0.15, -0.1) is 0 Å². The Morgan fingerprint density at radius 2 is 1.65 bits per heavy atom. The van der Waals surface area contributed by atoms with Gasteiger partial charge in [0.25, 0.3) is 10.0 Å². The lowest BCUT2D eigenvalue weighted by molar-refractivity contribution is -0.126. The van der Waals surface area contributed by atoms with E-state index in [9.17, 15) is 13.2 Å². The van der Waals surface area contributed by atoms with Crippen LogP contribution in [0.25, 0.3) is 0 Å². The Morgan fingerprint density at radius 3 is 2.06 bits per heavy atom. The summed E-state index contributed by atoms with van der Waals surface area (Å²) < 4.78 is 26.5. The van der Waals surface area contributed by atoms with Crippen LogP contribution in [-0.4, -0.2) is 14.3 Å². The summed E-state index contributed by atoms with van der Waals surface area (Å²) in [6.07, 6.45) is 0. The van der Waals surface area contributed by atoms with Gasteiger partial charge in [-0.1, -0.05) is 36.7 Å². The average Bonchev–Trinajstić information content (AvgIpc) is 2.16. The number of halogens is 1. The van der Waals surface area contributed by atoms with Gasteiger partial charge in [0.1, 0.15) is 0 Å². The highest BCUT2D eigenvalue weighted by Gasteiger charge is 2.26. The summed E-state index contributed by atoms with van der Waals surface area (Å²) in [4.78, 5) is 11.7. The van der Waals surface area contributed by atoms with E-state index in [4.69, 9.17) is 0 Å². The molecule has 1 aromatic carbocycles. The summed E-state index contributed by atoms with van der Waals surface area (Å²) in [7, 11) is -3.78. The summed E-state index contributed by atoms with van der Waals surface area (Å²) in [6, 6.07) is 6.08. The van der Waals surface area contributed by atoms with Gasteiger partial charge in [-0.25, -0.2) is 13.1 Å². The number of benzene rings is 1.